The van der Waals surface area contributed by atoms with Gasteiger partial charge < -0.3 is 29.6 Å². The zero-order chi connectivity index (χ0) is 21.7. The number of rotatable bonds is 8. The van der Waals surface area contributed by atoms with Crippen LogP contribution in [-0.2, 0) is 4.74 Å². The molecular weight excluding hydrogens is 410 g/mol. The molecule has 2 N–H and O–H groups in total. The van der Waals surface area contributed by atoms with E-state index >= 15 is 0 Å². The lowest BCUT2D eigenvalue weighted by atomic mass is 9.77. The summed E-state index contributed by atoms with van der Waals surface area (Å²) in [6.45, 7) is 7.12. The fourth-order valence-corrected chi connectivity index (χ4v) is 4.32. The maximum Gasteiger partial charge on any atom is 0.255 e. The summed E-state index contributed by atoms with van der Waals surface area (Å²) in [6, 6.07) is 1.57. The average Bonchev–Trinajstić information content (AvgIpc) is 2.76. The number of hydrogen-bond acceptors (Lipinski definition) is 7. The molecule has 0 aromatic heterocycles. The van der Waals surface area contributed by atoms with Gasteiger partial charge in [-0.25, -0.2) is 0 Å². The number of halogens is 1. The lowest BCUT2D eigenvalue weighted by Gasteiger charge is -2.45. The monoisotopic (exact) mass is 441 g/mol. The molecule has 2 atom stereocenters. The van der Waals surface area contributed by atoms with Gasteiger partial charge in [0, 0.05) is 38.7 Å². The predicted molar refractivity (Wildman–Crippen MR) is 115 cm³/mol. The summed E-state index contributed by atoms with van der Waals surface area (Å²) in [7, 11) is 5.20. The standard InChI is InChI=1S/C21H32ClN3O5/c1-21(5-7-25(8-6-23-2)12-16(21)27-3)13-24-20(26)14-11-15(22)18(28-4)19-17(14)29-9-10-30-19/h11,16,23H,5-10,12-13H2,1-4H3,(H,24,26)/t16?,21-/m0/s1. The third kappa shape index (κ3) is 4.77. The van der Waals surface area contributed by atoms with Gasteiger partial charge in [-0.2, -0.15) is 0 Å². The topological polar surface area (TPSA) is 81.3 Å². The number of likely N-dealkylation sites (tertiary alicyclic amines) is 1. The van der Waals surface area contributed by atoms with E-state index in [9.17, 15) is 4.79 Å². The van der Waals surface area contributed by atoms with E-state index in [-0.39, 0.29) is 17.4 Å². The van der Waals surface area contributed by atoms with Gasteiger partial charge in [-0.3, -0.25) is 9.69 Å². The van der Waals surface area contributed by atoms with E-state index < -0.39 is 0 Å². The minimum atomic E-state index is -0.255. The number of nitrogens with one attached hydrogen (secondary N) is 2. The highest BCUT2D eigenvalue weighted by molar-refractivity contribution is 6.33. The Morgan fingerprint density at radius 3 is 2.73 bits per heavy atom. The first kappa shape index (κ1) is 22.9. The summed E-state index contributed by atoms with van der Waals surface area (Å²) in [5.41, 5.74) is 0.174. The molecule has 1 aromatic carbocycles. The van der Waals surface area contributed by atoms with Crippen LogP contribution in [0.25, 0.3) is 0 Å². The summed E-state index contributed by atoms with van der Waals surface area (Å²) in [6.07, 6.45) is 0.952. The molecule has 1 aromatic rings. The second-order valence-electron chi connectivity index (χ2n) is 8.01. The van der Waals surface area contributed by atoms with Crippen molar-refractivity contribution in [2.45, 2.75) is 19.4 Å². The second kappa shape index (κ2) is 10.0. The Morgan fingerprint density at radius 1 is 1.33 bits per heavy atom. The Kier molecular flexibility index (Phi) is 7.68. The van der Waals surface area contributed by atoms with Crippen LogP contribution in [0.15, 0.2) is 6.07 Å². The van der Waals surface area contributed by atoms with E-state index in [0.717, 1.165) is 32.6 Å². The molecule has 30 heavy (non-hydrogen) atoms. The zero-order valence-corrected chi connectivity index (χ0v) is 18.9. The maximum absolute atomic E-state index is 13.0. The van der Waals surface area contributed by atoms with Crippen molar-refractivity contribution in [3.63, 3.8) is 0 Å². The number of benzene rings is 1. The van der Waals surface area contributed by atoms with Crippen LogP contribution in [-0.4, -0.2) is 84.1 Å². The Balaban J connectivity index is 1.72. The molecule has 0 aliphatic carbocycles. The van der Waals surface area contributed by atoms with E-state index in [0.29, 0.717) is 47.6 Å². The molecule has 1 saturated heterocycles. The number of hydrogen-bond donors (Lipinski definition) is 2. The molecule has 168 valence electrons. The van der Waals surface area contributed by atoms with Gasteiger partial charge in [-0.15, -0.1) is 0 Å². The largest absolute Gasteiger partial charge is 0.491 e. The molecule has 3 rings (SSSR count). The number of ether oxygens (including phenoxy) is 4. The van der Waals surface area contributed by atoms with Crippen LogP contribution in [0, 0.1) is 5.41 Å². The van der Waals surface area contributed by atoms with Gasteiger partial charge in [0.2, 0.25) is 5.75 Å². The lowest BCUT2D eigenvalue weighted by molar-refractivity contribution is -0.0593. The average molecular weight is 442 g/mol. The van der Waals surface area contributed by atoms with Crippen LogP contribution in [0.1, 0.15) is 23.7 Å². The molecule has 9 heteroatoms. The van der Waals surface area contributed by atoms with Crippen LogP contribution >= 0.6 is 11.6 Å². The first-order valence-corrected chi connectivity index (χ1v) is 10.7. The van der Waals surface area contributed by atoms with Crippen molar-refractivity contribution in [3.8, 4) is 17.2 Å². The number of nitrogens with zero attached hydrogens (tertiary/aromatic N) is 1. The van der Waals surface area contributed by atoms with E-state index in [1.165, 1.54) is 7.11 Å². The van der Waals surface area contributed by atoms with Gasteiger partial charge in [-0.1, -0.05) is 18.5 Å². The normalized spacial score (nSPS) is 23.8. The fraction of sp³-hybridized carbons (Fsp3) is 0.667. The Hall–Kier alpha value is -1.74. The Bertz CT molecular complexity index is 763. The molecule has 0 saturated carbocycles. The lowest BCUT2D eigenvalue weighted by Crippen LogP contribution is -2.55. The number of amides is 1. The number of carbonyl (C=O) groups excluding carboxylic acids is 1. The van der Waals surface area contributed by atoms with Crippen molar-refractivity contribution >= 4 is 17.5 Å². The van der Waals surface area contributed by atoms with Crippen molar-refractivity contribution in [2.24, 2.45) is 5.41 Å². The molecule has 0 bridgehead atoms. The highest BCUT2D eigenvalue weighted by atomic mass is 35.5. The first-order chi connectivity index (χ1) is 14.4. The molecule has 1 amide bonds. The van der Waals surface area contributed by atoms with Crippen molar-refractivity contribution in [3.05, 3.63) is 16.7 Å². The van der Waals surface area contributed by atoms with Gasteiger partial charge in [0.05, 0.1) is 23.8 Å². The van der Waals surface area contributed by atoms with Crippen molar-refractivity contribution in [1.82, 2.24) is 15.5 Å². The highest BCUT2D eigenvalue weighted by Crippen LogP contribution is 2.46. The van der Waals surface area contributed by atoms with Crippen LogP contribution < -0.4 is 24.8 Å². The van der Waals surface area contributed by atoms with E-state index in [4.69, 9.17) is 30.5 Å². The zero-order valence-electron chi connectivity index (χ0n) is 18.2. The van der Waals surface area contributed by atoms with Crippen molar-refractivity contribution in [1.29, 1.82) is 0 Å². The summed E-state index contributed by atoms with van der Waals surface area (Å²) in [5, 5.41) is 6.56. The number of methoxy groups -OCH3 is 2. The fourth-order valence-electron chi connectivity index (χ4n) is 4.04. The van der Waals surface area contributed by atoms with E-state index in [1.807, 2.05) is 7.05 Å². The van der Waals surface area contributed by atoms with Gasteiger partial charge >= 0.3 is 0 Å². The number of carbonyl (C=O) groups is 1. The molecule has 2 heterocycles. The summed E-state index contributed by atoms with van der Waals surface area (Å²) in [4.78, 5) is 15.4. The minimum Gasteiger partial charge on any atom is -0.491 e. The highest BCUT2D eigenvalue weighted by Gasteiger charge is 2.40. The van der Waals surface area contributed by atoms with Crippen molar-refractivity contribution < 1.29 is 23.7 Å². The molecule has 2 aliphatic heterocycles. The number of piperidine rings is 1. The molecule has 8 nitrogen and oxygen atoms in total. The SMILES string of the molecule is CNCCN1CC[C@@](C)(CNC(=O)c2cc(Cl)c(OC)c3c2OCCO3)C(OC)C1. The molecule has 2 aliphatic rings. The van der Waals surface area contributed by atoms with Gasteiger partial charge in [0.1, 0.15) is 13.2 Å². The summed E-state index contributed by atoms with van der Waals surface area (Å²) in [5.74, 6) is 0.869. The third-order valence-corrected chi connectivity index (χ3v) is 6.27. The van der Waals surface area contributed by atoms with Crippen LogP contribution in [0.4, 0.5) is 0 Å². The Morgan fingerprint density at radius 2 is 2.07 bits per heavy atom. The summed E-state index contributed by atoms with van der Waals surface area (Å²) < 4.78 is 22.5. The van der Waals surface area contributed by atoms with Crippen molar-refractivity contribution in [2.75, 3.05) is 67.2 Å². The van der Waals surface area contributed by atoms with Crippen LogP contribution in [0.2, 0.25) is 5.02 Å². The smallest absolute Gasteiger partial charge is 0.255 e. The third-order valence-electron chi connectivity index (χ3n) is 5.99. The quantitative estimate of drug-likeness (QED) is 0.636. The number of fused-ring (bicyclic) bond motifs is 1. The molecule has 1 fully saturated rings. The Labute approximate surface area is 183 Å². The van der Waals surface area contributed by atoms with Gasteiger partial charge in [-0.05, 0) is 26.1 Å². The van der Waals surface area contributed by atoms with Crippen LogP contribution in [0.3, 0.4) is 0 Å². The van der Waals surface area contributed by atoms with E-state index in [2.05, 4.69) is 22.5 Å². The molecule has 0 radical (unpaired) electrons. The van der Waals surface area contributed by atoms with Gasteiger partial charge in [0.25, 0.3) is 5.91 Å². The summed E-state index contributed by atoms with van der Waals surface area (Å²) >= 11 is 6.32. The van der Waals surface area contributed by atoms with E-state index in [1.54, 1.807) is 13.2 Å². The van der Waals surface area contributed by atoms with Crippen LogP contribution in [0.5, 0.6) is 17.2 Å². The minimum absolute atomic E-state index is 0.0244. The first-order valence-electron chi connectivity index (χ1n) is 10.3. The van der Waals surface area contributed by atoms with Gasteiger partial charge in [0.15, 0.2) is 11.5 Å². The predicted octanol–water partition coefficient (Wildman–Crippen LogP) is 1.80. The number of likely N-dealkylation sites (N-methyl/N-ethyl adjacent to an activating group) is 1. The maximum atomic E-state index is 13.0. The molecule has 0 spiro atoms. The second-order valence-corrected chi connectivity index (χ2v) is 8.42. The molecule has 1 unspecified atom stereocenters. The molecular formula is C21H32ClN3O5.